The molecule has 0 aromatic heterocycles. The van der Waals surface area contributed by atoms with Crippen LogP contribution >= 0.6 is 12.2 Å². The summed E-state index contributed by atoms with van der Waals surface area (Å²) in [4.78, 5) is 0. The second kappa shape index (κ2) is 4.50. The fraction of sp³-hybridized carbons (Fsp3) is 0.417. The van der Waals surface area contributed by atoms with Gasteiger partial charge in [-0.05, 0) is 43.8 Å². The third kappa shape index (κ3) is 2.35. The Hall–Kier alpha value is -1.33. The molecule has 1 saturated heterocycles. The second-order valence-electron chi connectivity index (χ2n) is 4.18. The molecule has 0 spiro atoms. The highest BCUT2D eigenvalue weighted by atomic mass is 32.1. The molecule has 1 atom stereocenters. The maximum atomic E-state index is 5.42. The Morgan fingerprint density at radius 1 is 1.35 bits per heavy atom. The number of nitrogens with zero attached hydrogens (tertiary/aromatic N) is 1. The highest BCUT2D eigenvalue weighted by Gasteiger charge is 2.35. The minimum Gasteiger partial charge on any atom is -0.494 e. The SMILES string of the molecule is CCOc1ccc([C@]2(C)NC(=S)N(C)N2)cc1. The van der Waals surface area contributed by atoms with Gasteiger partial charge in [-0.25, -0.2) is 5.43 Å². The molecule has 17 heavy (non-hydrogen) atoms. The van der Waals surface area contributed by atoms with E-state index in [9.17, 15) is 0 Å². The second-order valence-corrected chi connectivity index (χ2v) is 4.57. The average Bonchev–Trinajstić information content (AvgIpc) is 2.55. The molecule has 1 aromatic carbocycles. The van der Waals surface area contributed by atoms with Crippen LogP contribution in [-0.2, 0) is 5.66 Å². The summed E-state index contributed by atoms with van der Waals surface area (Å²) < 4.78 is 5.42. The zero-order valence-corrected chi connectivity index (χ0v) is 11.1. The van der Waals surface area contributed by atoms with E-state index in [2.05, 4.69) is 17.7 Å². The number of hydrazine groups is 1. The third-order valence-electron chi connectivity index (χ3n) is 2.80. The van der Waals surface area contributed by atoms with Gasteiger partial charge >= 0.3 is 0 Å². The number of thiocarbonyl (C=S) groups is 1. The molecule has 1 fully saturated rings. The molecule has 0 aliphatic carbocycles. The first-order valence-corrected chi connectivity index (χ1v) is 6.03. The van der Waals surface area contributed by atoms with Crippen LogP contribution in [0.1, 0.15) is 19.4 Å². The normalized spacial score (nSPS) is 23.7. The summed E-state index contributed by atoms with van der Waals surface area (Å²) in [5, 5.41) is 5.76. The van der Waals surface area contributed by atoms with Gasteiger partial charge in [-0.2, -0.15) is 0 Å². The molecule has 2 rings (SSSR count). The Morgan fingerprint density at radius 2 is 2.00 bits per heavy atom. The first-order chi connectivity index (χ1) is 8.05. The molecule has 0 saturated carbocycles. The summed E-state index contributed by atoms with van der Waals surface area (Å²) >= 11 is 5.19. The molecule has 0 bridgehead atoms. The van der Waals surface area contributed by atoms with Crippen LogP contribution in [0.25, 0.3) is 0 Å². The molecular weight excluding hydrogens is 234 g/mol. The molecule has 0 radical (unpaired) electrons. The highest BCUT2D eigenvalue weighted by Crippen LogP contribution is 2.24. The summed E-state index contributed by atoms with van der Waals surface area (Å²) in [7, 11) is 1.90. The lowest BCUT2D eigenvalue weighted by atomic mass is 10.0. The molecule has 92 valence electrons. The van der Waals surface area contributed by atoms with Crippen LogP contribution < -0.4 is 15.5 Å². The van der Waals surface area contributed by atoms with Crippen LogP contribution in [0.3, 0.4) is 0 Å². The van der Waals surface area contributed by atoms with E-state index >= 15 is 0 Å². The zero-order valence-electron chi connectivity index (χ0n) is 10.3. The summed E-state index contributed by atoms with van der Waals surface area (Å²) in [5.41, 5.74) is 4.06. The molecule has 1 heterocycles. The minimum atomic E-state index is -0.351. The Morgan fingerprint density at radius 3 is 2.47 bits per heavy atom. The fourth-order valence-electron chi connectivity index (χ4n) is 1.90. The smallest absolute Gasteiger partial charge is 0.185 e. The van der Waals surface area contributed by atoms with Gasteiger partial charge < -0.3 is 10.1 Å². The van der Waals surface area contributed by atoms with Crippen molar-refractivity contribution in [3.05, 3.63) is 29.8 Å². The van der Waals surface area contributed by atoms with Gasteiger partial charge in [0.25, 0.3) is 0 Å². The lowest BCUT2D eigenvalue weighted by Gasteiger charge is -2.25. The van der Waals surface area contributed by atoms with Crippen molar-refractivity contribution in [3.8, 4) is 5.75 Å². The van der Waals surface area contributed by atoms with Crippen molar-refractivity contribution in [2.75, 3.05) is 13.7 Å². The van der Waals surface area contributed by atoms with Crippen molar-refractivity contribution in [3.63, 3.8) is 0 Å². The van der Waals surface area contributed by atoms with Crippen molar-refractivity contribution in [2.45, 2.75) is 19.5 Å². The van der Waals surface area contributed by atoms with Crippen LogP contribution in [0.2, 0.25) is 0 Å². The topological polar surface area (TPSA) is 36.5 Å². The monoisotopic (exact) mass is 251 g/mol. The molecule has 1 aliphatic heterocycles. The molecule has 2 N–H and O–H groups in total. The highest BCUT2D eigenvalue weighted by molar-refractivity contribution is 7.80. The van der Waals surface area contributed by atoms with Gasteiger partial charge in [-0.1, -0.05) is 12.1 Å². The molecule has 1 aliphatic rings. The minimum absolute atomic E-state index is 0.351. The van der Waals surface area contributed by atoms with Crippen LogP contribution in [0.15, 0.2) is 24.3 Å². The van der Waals surface area contributed by atoms with Crippen LogP contribution in [0.5, 0.6) is 5.75 Å². The molecule has 1 aromatic rings. The summed E-state index contributed by atoms with van der Waals surface area (Å²) in [6, 6.07) is 8.00. The molecule has 0 unspecified atom stereocenters. The number of hydrogen-bond donors (Lipinski definition) is 2. The van der Waals surface area contributed by atoms with Gasteiger partial charge in [0.15, 0.2) is 5.11 Å². The quantitative estimate of drug-likeness (QED) is 0.798. The Kier molecular flexibility index (Phi) is 3.22. The maximum absolute atomic E-state index is 5.42. The third-order valence-corrected chi connectivity index (χ3v) is 3.17. The van der Waals surface area contributed by atoms with E-state index in [0.29, 0.717) is 11.7 Å². The summed E-state index contributed by atoms with van der Waals surface area (Å²) in [6.45, 7) is 4.71. The number of rotatable bonds is 3. The standard InChI is InChI=1S/C12H17N3OS/c1-4-16-10-7-5-9(6-8-10)12(2)13-11(17)15(3)14-12/h5-8,14H,4H2,1-3H3,(H,13,17)/t12-/m1/s1. The first kappa shape index (κ1) is 12.1. The molecule has 0 amide bonds. The largest absolute Gasteiger partial charge is 0.494 e. The van der Waals surface area contributed by atoms with E-state index in [0.717, 1.165) is 11.3 Å². The van der Waals surface area contributed by atoms with Gasteiger partial charge in [0.2, 0.25) is 0 Å². The van der Waals surface area contributed by atoms with Crippen molar-refractivity contribution in [1.82, 2.24) is 15.8 Å². The van der Waals surface area contributed by atoms with Gasteiger partial charge in [0, 0.05) is 7.05 Å². The molecular formula is C12H17N3OS. The number of hydrogen-bond acceptors (Lipinski definition) is 3. The summed E-state index contributed by atoms with van der Waals surface area (Å²) in [5.74, 6) is 0.883. The average molecular weight is 251 g/mol. The Labute approximate surface area is 107 Å². The van der Waals surface area contributed by atoms with Gasteiger partial charge in [-0.15, -0.1) is 0 Å². The number of ether oxygens (including phenoxy) is 1. The van der Waals surface area contributed by atoms with E-state index in [4.69, 9.17) is 17.0 Å². The fourth-order valence-corrected chi connectivity index (χ4v) is 2.15. The lowest BCUT2D eigenvalue weighted by molar-refractivity contribution is 0.266. The van der Waals surface area contributed by atoms with Crippen LogP contribution in [-0.4, -0.2) is 23.8 Å². The zero-order chi connectivity index (χ0) is 12.5. The molecule has 4 nitrogen and oxygen atoms in total. The summed E-state index contributed by atoms with van der Waals surface area (Å²) in [6.07, 6.45) is 0. The van der Waals surface area contributed by atoms with E-state index in [1.165, 1.54) is 0 Å². The van der Waals surface area contributed by atoms with Gasteiger partial charge in [0.05, 0.1) is 6.61 Å². The Bertz CT molecular complexity index is 420. The number of benzene rings is 1. The van der Waals surface area contributed by atoms with Crippen molar-refractivity contribution < 1.29 is 4.74 Å². The lowest BCUT2D eigenvalue weighted by Crippen LogP contribution is -2.44. The Balaban J connectivity index is 2.20. The molecule has 5 heteroatoms. The van der Waals surface area contributed by atoms with Gasteiger partial charge in [-0.3, -0.25) is 5.01 Å². The van der Waals surface area contributed by atoms with Crippen molar-refractivity contribution >= 4 is 17.3 Å². The predicted molar refractivity (Wildman–Crippen MR) is 71.6 cm³/mol. The van der Waals surface area contributed by atoms with E-state index in [1.807, 2.05) is 43.2 Å². The van der Waals surface area contributed by atoms with Crippen molar-refractivity contribution in [2.24, 2.45) is 0 Å². The van der Waals surface area contributed by atoms with Crippen molar-refractivity contribution in [1.29, 1.82) is 0 Å². The van der Waals surface area contributed by atoms with E-state index in [-0.39, 0.29) is 5.66 Å². The van der Waals surface area contributed by atoms with E-state index in [1.54, 1.807) is 0 Å². The predicted octanol–water partition coefficient (Wildman–Crippen LogP) is 1.58. The maximum Gasteiger partial charge on any atom is 0.185 e. The van der Waals surface area contributed by atoms with E-state index < -0.39 is 0 Å². The van der Waals surface area contributed by atoms with Crippen LogP contribution in [0, 0.1) is 0 Å². The van der Waals surface area contributed by atoms with Crippen LogP contribution in [0.4, 0.5) is 0 Å². The van der Waals surface area contributed by atoms with Gasteiger partial charge in [0.1, 0.15) is 11.4 Å². The number of nitrogens with one attached hydrogen (secondary N) is 2. The first-order valence-electron chi connectivity index (χ1n) is 5.62.